The smallest absolute Gasteiger partial charge is 0.123 e. The molecule has 0 amide bonds. The summed E-state index contributed by atoms with van der Waals surface area (Å²) in [4.78, 5) is 0. The molecular weight excluding hydrogens is 244 g/mol. The van der Waals surface area contributed by atoms with Crippen molar-refractivity contribution < 1.29 is 9.47 Å². The van der Waals surface area contributed by atoms with Crippen molar-refractivity contribution >= 4 is 15.9 Å². The van der Waals surface area contributed by atoms with Gasteiger partial charge >= 0.3 is 0 Å². The molecule has 2 nitrogen and oxygen atoms in total. The van der Waals surface area contributed by atoms with E-state index in [1.54, 1.807) is 0 Å². The molecule has 0 aliphatic carbocycles. The lowest BCUT2D eigenvalue weighted by Gasteiger charge is -2.07. The van der Waals surface area contributed by atoms with Crippen LogP contribution in [0.5, 0.6) is 11.5 Å². The minimum Gasteiger partial charge on any atom is -0.493 e. The molecule has 0 aliphatic heterocycles. The zero-order chi connectivity index (χ0) is 10.2. The molecule has 1 rings (SSSR count). The summed E-state index contributed by atoms with van der Waals surface area (Å²) in [6.45, 7) is 3.52. The minimum absolute atomic E-state index is 0.678. The van der Waals surface area contributed by atoms with E-state index in [4.69, 9.17) is 9.47 Å². The summed E-state index contributed by atoms with van der Waals surface area (Å²) in [5, 5.41) is 0.840. The zero-order valence-electron chi connectivity index (χ0n) is 8.33. The SMILES string of the molecule is CCCOc1cccc(OCCBr)c1. The molecule has 1 aromatic carbocycles. The van der Waals surface area contributed by atoms with Gasteiger partial charge in [0, 0.05) is 11.4 Å². The summed E-state index contributed by atoms with van der Waals surface area (Å²) in [7, 11) is 0. The molecule has 0 atom stereocenters. The number of rotatable bonds is 6. The fourth-order valence-electron chi connectivity index (χ4n) is 1.03. The minimum atomic E-state index is 0.678. The lowest BCUT2D eigenvalue weighted by Crippen LogP contribution is -1.99. The highest BCUT2D eigenvalue weighted by atomic mass is 79.9. The summed E-state index contributed by atoms with van der Waals surface area (Å²) in [6.07, 6.45) is 1.02. The molecule has 0 saturated carbocycles. The van der Waals surface area contributed by atoms with Gasteiger partial charge in [-0.05, 0) is 18.6 Å². The van der Waals surface area contributed by atoms with Crippen molar-refractivity contribution in [2.24, 2.45) is 0 Å². The third-order valence-corrected chi connectivity index (χ3v) is 1.95. The fraction of sp³-hybridized carbons (Fsp3) is 0.455. The molecule has 78 valence electrons. The van der Waals surface area contributed by atoms with Crippen molar-refractivity contribution in [3.63, 3.8) is 0 Å². The van der Waals surface area contributed by atoms with E-state index in [9.17, 15) is 0 Å². The molecule has 3 heteroatoms. The standard InChI is InChI=1S/C11H15BrO2/c1-2-7-13-10-4-3-5-11(9-10)14-8-6-12/h3-5,9H,2,6-8H2,1H3. The molecule has 0 saturated heterocycles. The molecule has 0 unspecified atom stereocenters. The predicted octanol–water partition coefficient (Wildman–Crippen LogP) is 3.25. The van der Waals surface area contributed by atoms with Gasteiger partial charge in [0.25, 0.3) is 0 Å². The van der Waals surface area contributed by atoms with E-state index in [1.165, 1.54) is 0 Å². The van der Waals surface area contributed by atoms with Crippen molar-refractivity contribution in [1.82, 2.24) is 0 Å². The Bertz CT molecular complexity index is 240. The summed E-state index contributed by atoms with van der Waals surface area (Å²) in [6, 6.07) is 7.73. The molecule has 0 aliphatic rings. The van der Waals surface area contributed by atoms with Crippen LogP contribution in [0.15, 0.2) is 24.3 Å². The third-order valence-electron chi connectivity index (χ3n) is 1.62. The van der Waals surface area contributed by atoms with Crippen molar-refractivity contribution in [2.45, 2.75) is 13.3 Å². The number of hydrogen-bond donors (Lipinski definition) is 0. The highest BCUT2D eigenvalue weighted by Crippen LogP contribution is 2.19. The molecule has 1 aromatic rings. The third kappa shape index (κ3) is 4.01. The van der Waals surface area contributed by atoms with Crippen LogP contribution < -0.4 is 9.47 Å². The highest BCUT2D eigenvalue weighted by molar-refractivity contribution is 9.09. The topological polar surface area (TPSA) is 18.5 Å². The molecule has 0 radical (unpaired) electrons. The Balaban J connectivity index is 2.50. The van der Waals surface area contributed by atoms with Crippen LogP contribution in [0.2, 0.25) is 0 Å². The summed E-state index contributed by atoms with van der Waals surface area (Å²) >= 11 is 3.31. The van der Waals surface area contributed by atoms with E-state index in [0.717, 1.165) is 29.9 Å². The van der Waals surface area contributed by atoms with Gasteiger partial charge in [0.1, 0.15) is 11.5 Å². The Labute approximate surface area is 93.4 Å². The van der Waals surface area contributed by atoms with Crippen LogP contribution in [0.3, 0.4) is 0 Å². The summed E-state index contributed by atoms with van der Waals surface area (Å²) in [5.74, 6) is 1.73. The first-order valence-corrected chi connectivity index (χ1v) is 5.90. The maximum absolute atomic E-state index is 5.48. The molecule has 14 heavy (non-hydrogen) atoms. The van der Waals surface area contributed by atoms with Gasteiger partial charge in [0.15, 0.2) is 0 Å². The monoisotopic (exact) mass is 258 g/mol. The Morgan fingerprint density at radius 3 is 2.36 bits per heavy atom. The zero-order valence-corrected chi connectivity index (χ0v) is 9.92. The number of ether oxygens (including phenoxy) is 2. The quantitative estimate of drug-likeness (QED) is 0.730. The first kappa shape index (κ1) is 11.4. The molecule has 0 aromatic heterocycles. The molecular formula is C11H15BrO2. The maximum Gasteiger partial charge on any atom is 0.123 e. The summed E-state index contributed by atoms with van der Waals surface area (Å²) in [5.41, 5.74) is 0. The Morgan fingerprint density at radius 2 is 1.79 bits per heavy atom. The van der Waals surface area contributed by atoms with Crippen LogP contribution in [0, 0.1) is 0 Å². The van der Waals surface area contributed by atoms with Crippen LogP contribution >= 0.6 is 15.9 Å². The van der Waals surface area contributed by atoms with Gasteiger partial charge in [-0.2, -0.15) is 0 Å². The average Bonchev–Trinajstić information content (AvgIpc) is 2.24. The number of benzene rings is 1. The van der Waals surface area contributed by atoms with Gasteiger partial charge in [0.05, 0.1) is 13.2 Å². The van der Waals surface area contributed by atoms with E-state index in [2.05, 4.69) is 22.9 Å². The fourth-order valence-corrected chi connectivity index (χ4v) is 1.19. The van der Waals surface area contributed by atoms with E-state index in [0.29, 0.717) is 6.61 Å². The number of alkyl halides is 1. The van der Waals surface area contributed by atoms with Gasteiger partial charge in [-0.15, -0.1) is 0 Å². The van der Waals surface area contributed by atoms with Gasteiger partial charge in [-0.25, -0.2) is 0 Å². The Hall–Kier alpha value is -0.700. The van der Waals surface area contributed by atoms with E-state index in [1.807, 2.05) is 24.3 Å². The van der Waals surface area contributed by atoms with Crippen LogP contribution in [-0.2, 0) is 0 Å². The van der Waals surface area contributed by atoms with Gasteiger partial charge in [0.2, 0.25) is 0 Å². The largest absolute Gasteiger partial charge is 0.493 e. The highest BCUT2D eigenvalue weighted by Gasteiger charge is 1.96. The van der Waals surface area contributed by atoms with Crippen LogP contribution in [0.1, 0.15) is 13.3 Å². The molecule has 0 spiro atoms. The van der Waals surface area contributed by atoms with Crippen molar-refractivity contribution in [2.75, 3.05) is 18.5 Å². The van der Waals surface area contributed by atoms with E-state index >= 15 is 0 Å². The molecule has 0 bridgehead atoms. The molecule has 0 heterocycles. The van der Waals surface area contributed by atoms with Gasteiger partial charge in [-0.3, -0.25) is 0 Å². The first-order valence-electron chi connectivity index (χ1n) is 4.78. The van der Waals surface area contributed by atoms with Crippen LogP contribution in [-0.4, -0.2) is 18.5 Å². The number of hydrogen-bond acceptors (Lipinski definition) is 2. The van der Waals surface area contributed by atoms with E-state index in [-0.39, 0.29) is 0 Å². The summed E-state index contributed by atoms with van der Waals surface area (Å²) < 4.78 is 10.9. The normalized spacial score (nSPS) is 9.86. The predicted molar refractivity (Wildman–Crippen MR) is 61.5 cm³/mol. The van der Waals surface area contributed by atoms with Gasteiger partial charge in [-0.1, -0.05) is 28.9 Å². The van der Waals surface area contributed by atoms with Crippen LogP contribution in [0.4, 0.5) is 0 Å². The second kappa shape index (κ2) is 6.71. The molecule has 0 fully saturated rings. The first-order chi connectivity index (χ1) is 6.86. The lowest BCUT2D eigenvalue weighted by molar-refractivity contribution is 0.310. The number of halogens is 1. The Morgan fingerprint density at radius 1 is 1.14 bits per heavy atom. The average molecular weight is 259 g/mol. The van der Waals surface area contributed by atoms with Gasteiger partial charge < -0.3 is 9.47 Å². The lowest BCUT2D eigenvalue weighted by atomic mass is 10.3. The van der Waals surface area contributed by atoms with Crippen molar-refractivity contribution in [1.29, 1.82) is 0 Å². The van der Waals surface area contributed by atoms with E-state index < -0.39 is 0 Å². The maximum atomic E-state index is 5.48. The second-order valence-corrected chi connectivity index (χ2v) is 3.65. The second-order valence-electron chi connectivity index (χ2n) is 2.86. The molecule has 0 N–H and O–H groups in total. The van der Waals surface area contributed by atoms with Crippen molar-refractivity contribution in [3.05, 3.63) is 24.3 Å². The van der Waals surface area contributed by atoms with Crippen LogP contribution in [0.25, 0.3) is 0 Å². The Kier molecular flexibility index (Phi) is 5.45. The van der Waals surface area contributed by atoms with Crippen molar-refractivity contribution in [3.8, 4) is 11.5 Å².